The van der Waals surface area contributed by atoms with Crippen LogP contribution >= 0.6 is 0 Å². The Morgan fingerprint density at radius 1 is 0.964 bits per heavy atom. The fourth-order valence-corrected chi connectivity index (χ4v) is 2.92. The summed E-state index contributed by atoms with van der Waals surface area (Å²) in [5.74, 6) is -0.677. The fraction of sp³-hybridized carbons (Fsp3) is 0.300. The van der Waals surface area contributed by atoms with Gasteiger partial charge >= 0.3 is 12.1 Å². The third-order valence-corrected chi connectivity index (χ3v) is 4.43. The number of hydrogen-bond acceptors (Lipinski definition) is 3. The molecule has 0 aliphatic carbocycles. The number of ether oxygens (including phenoxy) is 1. The van der Waals surface area contributed by atoms with E-state index in [0.29, 0.717) is 38.3 Å². The number of para-hydroxylation sites is 1. The van der Waals surface area contributed by atoms with Gasteiger partial charge in [0.25, 0.3) is 0 Å². The topological polar surface area (TPSA) is 61.9 Å². The standard InChI is InChI=1S/C20H21F2N3O3/c21-16-7-8-18(22)15(13-16)14-23-19(26)24-9-4-10-25(12-11-24)20(27)28-17-5-2-1-3-6-17/h1-3,5-8,13H,4,9-12,14H2,(H,23,26). The summed E-state index contributed by atoms with van der Waals surface area (Å²) in [4.78, 5) is 27.7. The van der Waals surface area contributed by atoms with Crippen LogP contribution in [0.3, 0.4) is 0 Å². The molecule has 1 aliphatic heterocycles. The van der Waals surface area contributed by atoms with Crippen LogP contribution in [-0.2, 0) is 6.54 Å². The summed E-state index contributed by atoms with van der Waals surface area (Å²) in [5, 5.41) is 2.59. The largest absolute Gasteiger partial charge is 0.415 e. The number of urea groups is 1. The Balaban J connectivity index is 1.50. The second kappa shape index (κ2) is 9.16. The first-order chi connectivity index (χ1) is 13.5. The zero-order valence-corrected chi connectivity index (χ0v) is 15.2. The Labute approximate surface area is 161 Å². The molecule has 0 saturated carbocycles. The molecular weight excluding hydrogens is 368 g/mol. The number of rotatable bonds is 3. The number of benzene rings is 2. The van der Waals surface area contributed by atoms with Crippen molar-refractivity contribution in [2.45, 2.75) is 13.0 Å². The van der Waals surface area contributed by atoms with Crippen molar-refractivity contribution in [1.82, 2.24) is 15.1 Å². The van der Waals surface area contributed by atoms with Crippen molar-refractivity contribution in [2.75, 3.05) is 26.2 Å². The summed E-state index contributed by atoms with van der Waals surface area (Å²) in [6.45, 7) is 1.45. The van der Waals surface area contributed by atoms with E-state index < -0.39 is 17.7 Å². The maximum absolute atomic E-state index is 13.7. The van der Waals surface area contributed by atoms with E-state index in [2.05, 4.69) is 5.32 Å². The van der Waals surface area contributed by atoms with Gasteiger partial charge in [-0.3, -0.25) is 0 Å². The highest BCUT2D eigenvalue weighted by atomic mass is 19.1. The maximum atomic E-state index is 13.7. The zero-order valence-electron chi connectivity index (χ0n) is 15.2. The predicted octanol–water partition coefficient (Wildman–Crippen LogP) is 3.38. The molecule has 0 aromatic heterocycles. The lowest BCUT2D eigenvalue weighted by Gasteiger charge is -2.22. The summed E-state index contributed by atoms with van der Waals surface area (Å²) < 4.78 is 32.2. The summed E-state index contributed by atoms with van der Waals surface area (Å²) >= 11 is 0. The van der Waals surface area contributed by atoms with E-state index in [1.165, 1.54) is 0 Å². The monoisotopic (exact) mass is 389 g/mol. The second-order valence-corrected chi connectivity index (χ2v) is 6.40. The molecule has 1 fully saturated rings. The van der Waals surface area contributed by atoms with Crippen molar-refractivity contribution in [3.63, 3.8) is 0 Å². The SMILES string of the molecule is O=C(NCc1cc(F)ccc1F)N1CCCN(C(=O)Oc2ccccc2)CC1. The van der Waals surface area contributed by atoms with Gasteiger partial charge in [0.2, 0.25) is 0 Å². The maximum Gasteiger partial charge on any atom is 0.415 e. The number of nitrogens with one attached hydrogen (secondary N) is 1. The zero-order chi connectivity index (χ0) is 19.9. The summed E-state index contributed by atoms with van der Waals surface area (Å²) in [6.07, 6.45) is 0.126. The number of carbonyl (C=O) groups is 2. The molecule has 0 spiro atoms. The normalized spacial score (nSPS) is 14.4. The van der Waals surface area contributed by atoms with Crippen molar-refractivity contribution < 1.29 is 23.1 Å². The average Bonchev–Trinajstić information content (AvgIpc) is 2.95. The lowest BCUT2D eigenvalue weighted by atomic mass is 10.2. The molecule has 1 heterocycles. The van der Waals surface area contributed by atoms with Crippen LogP contribution in [0, 0.1) is 11.6 Å². The number of amides is 3. The van der Waals surface area contributed by atoms with Crippen LogP contribution in [0.25, 0.3) is 0 Å². The molecule has 3 amide bonds. The molecule has 1 aliphatic rings. The summed E-state index contributed by atoms with van der Waals surface area (Å²) in [6, 6.07) is 11.5. The van der Waals surface area contributed by atoms with Gasteiger partial charge in [-0.15, -0.1) is 0 Å². The van der Waals surface area contributed by atoms with Crippen molar-refractivity contribution in [1.29, 1.82) is 0 Å². The number of hydrogen-bond donors (Lipinski definition) is 1. The van der Waals surface area contributed by atoms with Gasteiger partial charge in [-0.05, 0) is 36.8 Å². The Morgan fingerprint density at radius 2 is 1.68 bits per heavy atom. The van der Waals surface area contributed by atoms with E-state index in [4.69, 9.17) is 4.74 Å². The van der Waals surface area contributed by atoms with E-state index in [9.17, 15) is 18.4 Å². The predicted molar refractivity (Wildman–Crippen MR) is 98.8 cm³/mol. The first-order valence-electron chi connectivity index (χ1n) is 9.01. The third kappa shape index (κ3) is 5.18. The van der Waals surface area contributed by atoms with Crippen molar-refractivity contribution in [3.8, 4) is 5.75 Å². The summed E-state index contributed by atoms with van der Waals surface area (Å²) in [5.41, 5.74) is 0.0798. The molecule has 0 atom stereocenters. The number of carbonyl (C=O) groups excluding carboxylic acids is 2. The Kier molecular flexibility index (Phi) is 6.41. The van der Waals surface area contributed by atoms with Gasteiger partial charge in [0.1, 0.15) is 17.4 Å². The smallest absolute Gasteiger partial charge is 0.410 e. The molecule has 148 valence electrons. The van der Waals surface area contributed by atoms with Crippen LogP contribution in [0.4, 0.5) is 18.4 Å². The first-order valence-corrected chi connectivity index (χ1v) is 9.01. The average molecular weight is 389 g/mol. The fourth-order valence-electron chi connectivity index (χ4n) is 2.92. The molecule has 2 aromatic rings. The molecule has 1 N–H and O–H groups in total. The Bertz CT molecular complexity index is 833. The lowest BCUT2D eigenvalue weighted by molar-refractivity contribution is 0.153. The van der Waals surface area contributed by atoms with Gasteiger partial charge < -0.3 is 19.9 Å². The molecule has 1 saturated heterocycles. The van der Waals surface area contributed by atoms with Gasteiger partial charge in [0.05, 0.1) is 0 Å². The second-order valence-electron chi connectivity index (χ2n) is 6.40. The molecule has 2 aromatic carbocycles. The van der Waals surface area contributed by atoms with Crippen molar-refractivity contribution >= 4 is 12.1 Å². The van der Waals surface area contributed by atoms with Gasteiger partial charge in [-0.2, -0.15) is 0 Å². The molecule has 0 unspecified atom stereocenters. The molecule has 3 rings (SSSR count). The quantitative estimate of drug-likeness (QED) is 0.876. The molecule has 8 heteroatoms. The van der Waals surface area contributed by atoms with Gasteiger partial charge in [-0.1, -0.05) is 18.2 Å². The minimum atomic E-state index is -0.576. The van der Waals surface area contributed by atoms with Crippen LogP contribution in [0.2, 0.25) is 0 Å². The van der Waals surface area contributed by atoms with Crippen LogP contribution in [0.15, 0.2) is 48.5 Å². The minimum absolute atomic E-state index is 0.0798. The highest BCUT2D eigenvalue weighted by molar-refractivity contribution is 5.74. The van der Waals surface area contributed by atoms with Gasteiger partial charge in [0.15, 0.2) is 0 Å². The summed E-state index contributed by atoms with van der Waals surface area (Å²) in [7, 11) is 0. The van der Waals surface area contributed by atoms with E-state index in [1.54, 1.807) is 34.1 Å². The Morgan fingerprint density at radius 3 is 2.46 bits per heavy atom. The van der Waals surface area contributed by atoms with Crippen LogP contribution < -0.4 is 10.1 Å². The van der Waals surface area contributed by atoms with E-state index in [-0.39, 0.29) is 18.1 Å². The molecule has 6 nitrogen and oxygen atoms in total. The van der Waals surface area contributed by atoms with Gasteiger partial charge in [0, 0.05) is 38.3 Å². The van der Waals surface area contributed by atoms with E-state index in [0.717, 1.165) is 18.2 Å². The van der Waals surface area contributed by atoms with Gasteiger partial charge in [-0.25, -0.2) is 18.4 Å². The van der Waals surface area contributed by atoms with E-state index >= 15 is 0 Å². The van der Waals surface area contributed by atoms with Crippen LogP contribution in [0.5, 0.6) is 5.75 Å². The highest BCUT2D eigenvalue weighted by Gasteiger charge is 2.23. The molecule has 0 bridgehead atoms. The minimum Gasteiger partial charge on any atom is -0.410 e. The van der Waals surface area contributed by atoms with Crippen molar-refractivity contribution in [2.24, 2.45) is 0 Å². The van der Waals surface area contributed by atoms with Crippen LogP contribution in [-0.4, -0.2) is 48.1 Å². The molecule has 28 heavy (non-hydrogen) atoms. The molecule has 0 radical (unpaired) electrons. The third-order valence-electron chi connectivity index (χ3n) is 4.43. The Hall–Kier alpha value is -3.16. The molecular formula is C20H21F2N3O3. The van der Waals surface area contributed by atoms with Crippen molar-refractivity contribution in [3.05, 3.63) is 65.7 Å². The van der Waals surface area contributed by atoms with Crippen LogP contribution in [0.1, 0.15) is 12.0 Å². The van der Waals surface area contributed by atoms with E-state index in [1.807, 2.05) is 6.07 Å². The highest BCUT2D eigenvalue weighted by Crippen LogP contribution is 2.13. The first kappa shape index (κ1) is 19.6. The lowest BCUT2D eigenvalue weighted by Crippen LogP contribution is -2.42. The number of nitrogens with zero attached hydrogens (tertiary/aromatic N) is 2. The number of halogens is 2.